The summed E-state index contributed by atoms with van der Waals surface area (Å²) >= 11 is 5.98. The lowest BCUT2D eigenvalue weighted by Crippen LogP contribution is -2.26. The number of halogens is 2. The van der Waals surface area contributed by atoms with Crippen LogP contribution in [0.5, 0.6) is 11.5 Å². The lowest BCUT2D eigenvalue weighted by molar-refractivity contribution is 0.264. The molecule has 0 spiro atoms. The van der Waals surface area contributed by atoms with Crippen LogP contribution >= 0.6 is 11.6 Å². The van der Waals surface area contributed by atoms with E-state index in [1.165, 1.54) is 13.2 Å². The molecule has 0 aliphatic heterocycles. The van der Waals surface area contributed by atoms with E-state index in [0.29, 0.717) is 28.5 Å². The summed E-state index contributed by atoms with van der Waals surface area (Å²) in [4.78, 5) is 0. The van der Waals surface area contributed by atoms with Crippen LogP contribution in [0.3, 0.4) is 0 Å². The zero-order chi connectivity index (χ0) is 16.8. The van der Waals surface area contributed by atoms with Gasteiger partial charge >= 0.3 is 0 Å². The summed E-state index contributed by atoms with van der Waals surface area (Å²) in [6.45, 7) is -0.0935. The van der Waals surface area contributed by atoms with Crippen LogP contribution in [0.4, 0.5) is 4.39 Å². The van der Waals surface area contributed by atoms with Crippen molar-refractivity contribution < 1.29 is 19.0 Å². The highest BCUT2D eigenvalue weighted by Gasteiger charge is 2.12. The van der Waals surface area contributed by atoms with E-state index < -0.39 is 5.82 Å². The second-order valence-corrected chi connectivity index (χ2v) is 5.53. The van der Waals surface area contributed by atoms with Gasteiger partial charge in [0, 0.05) is 11.6 Å². The molecule has 124 valence electrons. The molecule has 0 saturated carbocycles. The molecule has 4 nitrogen and oxygen atoms in total. The van der Waals surface area contributed by atoms with Gasteiger partial charge in [-0.3, -0.25) is 0 Å². The lowest BCUT2D eigenvalue weighted by Gasteiger charge is -2.14. The van der Waals surface area contributed by atoms with Gasteiger partial charge in [-0.15, -0.1) is 0 Å². The number of rotatable bonds is 7. The minimum atomic E-state index is -0.415. The van der Waals surface area contributed by atoms with Gasteiger partial charge in [0.05, 0.1) is 18.7 Å². The number of aliphatic hydroxyl groups excluding tert-OH is 1. The van der Waals surface area contributed by atoms with E-state index in [-0.39, 0.29) is 19.3 Å². The highest BCUT2D eigenvalue weighted by atomic mass is 35.5. The Morgan fingerprint density at radius 2 is 2.04 bits per heavy atom. The fourth-order valence-electron chi connectivity index (χ4n) is 2.15. The Labute approximate surface area is 139 Å². The van der Waals surface area contributed by atoms with Gasteiger partial charge < -0.3 is 20.3 Å². The molecule has 23 heavy (non-hydrogen) atoms. The molecular formula is C17H19ClFNO3. The molecule has 0 aliphatic carbocycles. The topological polar surface area (TPSA) is 64.7 Å². The van der Waals surface area contributed by atoms with E-state index in [4.69, 9.17) is 31.9 Å². The van der Waals surface area contributed by atoms with Crippen molar-refractivity contribution >= 4 is 11.6 Å². The maximum absolute atomic E-state index is 13.7. The zero-order valence-electron chi connectivity index (χ0n) is 12.8. The standard InChI is InChI=1S/C17H19ClFNO3/c1-22-17-8-11(7-12(20)9-21)5-6-16(17)23-10-13-14(18)3-2-4-15(13)19/h2-6,8,12,21H,7,9-10,20H2,1H3. The largest absolute Gasteiger partial charge is 0.493 e. The minimum Gasteiger partial charge on any atom is -0.493 e. The van der Waals surface area contributed by atoms with Crippen molar-refractivity contribution in [1.82, 2.24) is 0 Å². The van der Waals surface area contributed by atoms with Gasteiger partial charge in [-0.2, -0.15) is 0 Å². The molecule has 0 aliphatic rings. The number of hydrogen-bond acceptors (Lipinski definition) is 4. The molecule has 1 unspecified atom stereocenters. The third-order valence-electron chi connectivity index (χ3n) is 3.39. The van der Waals surface area contributed by atoms with Crippen molar-refractivity contribution in [3.63, 3.8) is 0 Å². The predicted octanol–water partition coefficient (Wildman–Crippen LogP) is 2.93. The van der Waals surface area contributed by atoms with Crippen LogP contribution in [-0.4, -0.2) is 24.9 Å². The molecule has 0 fully saturated rings. The average molecular weight is 340 g/mol. The summed E-state index contributed by atoms with van der Waals surface area (Å²) in [5.41, 5.74) is 6.93. The molecule has 0 radical (unpaired) electrons. The first-order valence-electron chi connectivity index (χ1n) is 7.14. The van der Waals surface area contributed by atoms with E-state index >= 15 is 0 Å². The molecular weight excluding hydrogens is 321 g/mol. The third kappa shape index (κ3) is 4.58. The van der Waals surface area contributed by atoms with Crippen LogP contribution in [0.2, 0.25) is 5.02 Å². The second-order valence-electron chi connectivity index (χ2n) is 5.12. The second kappa shape index (κ2) is 8.15. The smallest absolute Gasteiger partial charge is 0.161 e. The van der Waals surface area contributed by atoms with Gasteiger partial charge in [-0.05, 0) is 36.2 Å². The predicted molar refractivity (Wildman–Crippen MR) is 87.5 cm³/mol. The summed E-state index contributed by atoms with van der Waals surface area (Å²) < 4.78 is 24.7. The van der Waals surface area contributed by atoms with E-state index in [9.17, 15) is 4.39 Å². The van der Waals surface area contributed by atoms with Crippen molar-refractivity contribution in [3.05, 3.63) is 58.4 Å². The molecule has 0 aromatic heterocycles. The van der Waals surface area contributed by atoms with Gasteiger partial charge in [-0.1, -0.05) is 23.7 Å². The van der Waals surface area contributed by atoms with E-state index in [0.717, 1.165) is 5.56 Å². The Morgan fingerprint density at radius 3 is 2.70 bits per heavy atom. The van der Waals surface area contributed by atoms with Crippen molar-refractivity contribution in [2.24, 2.45) is 5.73 Å². The van der Waals surface area contributed by atoms with Gasteiger partial charge in [0.25, 0.3) is 0 Å². The number of hydrogen-bond donors (Lipinski definition) is 2. The highest BCUT2D eigenvalue weighted by Crippen LogP contribution is 2.30. The molecule has 0 amide bonds. The first kappa shape index (κ1) is 17.5. The number of ether oxygens (including phenoxy) is 2. The number of methoxy groups -OCH3 is 1. The lowest BCUT2D eigenvalue weighted by atomic mass is 10.1. The van der Waals surface area contributed by atoms with Gasteiger partial charge in [0.15, 0.2) is 11.5 Å². The van der Waals surface area contributed by atoms with Crippen molar-refractivity contribution in [3.8, 4) is 11.5 Å². The van der Waals surface area contributed by atoms with Crippen LogP contribution in [0.25, 0.3) is 0 Å². The van der Waals surface area contributed by atoms with Crippen LogP contribution in [0.15, 0.2) is 36.4 Å². The molecule has 2 aromatic rings. The van der Waals surface area contributed by atoms with Crippen molar-refractivity contribution in [2.75, 3.05) is 13.7 Å². The normalized spacial score (nSPS) is 12.0. The van der Waals surface area contributed by atoms with Crippen LogP contribution < -0.4 is 15.2 Å². The van der Waals surface area contributed by atoms with Gasteiger partial charge in [-0.25, -0.2) is 4.39 Å². The molecule has 6 heteroatoms. The molecule has 3 N–H and O–H groups in total. The van der Waals surface area contributed by atoms with Gasteiger partial charge in [0.1, 0.15) is 12.4 Å². The zero-order valence-corrected chi connectivity index (χ0v) is 13.5. The van der Waals surface area contributed by atoms with Crippen molar-refractivity contribution in [2.45, 2.75) is 19.1 Å². The minimum absolute atomic E-state index is 0.00261. The molecule has 2 rings (SSSR count). The molecule has 0 saturated heterocycles. The summed E-state index contributed by atoms with van der Waals surface area (Å²) in [5.74, 6) is 0.579. The van der Waals surface area contributed by atoms with Crippen LogP contribution in [0, 0.1) is 5.82 Å². The average Bonchev–Trinajstić information content (AvgIpc) is 2.55. The molecule has 1 atom stereocenters. The van der Waals surface area contributed by atoms with Gasteiger partial charge in [0.2, 0.25) is 0 Å². The summed E-state index contributed by atoms with van der Waals surface area (Å²) in [6.07, 6.45) is 0.520. The Bertz CT molecular complexity index is 646. The summed E-state index contributed by atoms with van der Waals surface area (Å²) in [5, 5.41) is 9.32. The first-order chi connectivity index (χ1) is 11.0. The highest BCUT2D eigenvalue weighted by molar-refractivity contribution is 6.31. The molecule has 0 bridgehead atoms. The van der Waals surface area contributed by atoms with E-state index in [1.807, 2.05) is 6.07 Å². The fourth-order valence-corrected chi connectivity index (χ4v) is 2.36. The van der Waals surface area contributed by atoms with E-state index in [2.05, 4.69) is 0 Å². The number of nitrogens with two attached hydrogens (primary N) is 1. The van der Waals surface area contributed by atoms with E-state index in [1.54, 1.807) is 24.3 Å². The van der Waals surface area contributed by atoms with Crippen LogP contribution in [-0.2, 0) is 13.0 Å². The number of benzene rings is 2. The molecule has 0 heterocycles. The summed E-state index contributed by atoms with van der Waals surface area (Å²) in [6, 6.07) is 9.50. The maximum atomic E-state index is 13.7. The summed E-state index contributed by atoms with van der Waals surface area (Å²) in [7, 11) is 1.52. The molecule has 2 aromatic carbocycles. The Hall–Kier alpha value is -1.82. The quantitative estimate of drug-likeness (QED) is 0.814. The Morgan fingerprint density at radius 1 is 1.26 bits per heavy atom. The Kier molecular flexibility index (Phi) is 6.21. The van der Waals surface area contributed by atoms with Crippen LogP contribution in [0.1, 0.15) is 11.1 Å². The SMILES string of the molecule is COc1cc(CC(N)CO)ccc1OCc1c(F)cccc1Cl. The third-order valence-corrected chi connectivity index (χ3v) is 3.75. The number of aliphatic hydroxyl groups is 1. The fraction of sp³-hybridized carbons (Fsp3) is 0.294. The Balaban J connectivity index is 2.13. The van der Waals surface area contributed by atoms with Crippen molar-refractivity contribution in [1.29, 1.82) is 0 Å². The monoisotopic (exact) mass is 339 g/mol. The first-order valence-corrected chi connectivity index (χ1v) is 7.52. The maximum Gasteiger partial charge on any atom is 0.161 e.